The molecule has 0 aromatic heterocycles. The van der Waals surface area contributed by atoms with Gasteiger partial charge < -0.3 is 5.32 Å². The zero-order valence-corrected chi connectivity index (χ0v) is 11.9. The maximum Gasteiger partial charge on any atom is 0.162 e. The van der Waals surface area contributed by atoms with Crippen LogP contribution in [0.4, 0.5) is 13.2 Å². The van der Waals surface area contributed by atoms with Crippen LogP contribution >= 0.6 is 0 Å². The van der Waals surface area contributed by atoms with Crippen LogP contribution in [0, 0.1) is 23.4 Å². The van der Waals surface area contributed by atoms with Gasteiger partial charge in [0, 0.05) is 0 Å². The van der Waals surface area contributed by atoms with Gasteiger partial charge in [-0.05, 0) is 61.7 Å². The van der Waals surface area contributed by atoms with Crippen molar-refractivity contribution in [3.63, 3.8) is 0 Å². The number of nitrogens with one attached hydrogen (secondary N) is 1. The minimum atomic E-state index is -0.822. The van der Waals surface area contributed by atoms with E-state index in [0.29, 0.717) is 24.9 Å². The van der Waals surface area contributed by atoms with Crippen LogP contribution in [0.1, 0.15) is 11.1 Å². The topological polar surface area (TPSA) is 12.0 Å². The molecule has 2 aromatic carbocycles. The molecule has 2 rings (SSSR count). The van der Waals surface area contributed by atoms with Gasteiger partial charge in [0.05, 0.1) is 0 Å². The summed E-state index contributed by atoms with van der Waals surface area (Å²) in [7, 11) is 1.82. The molecule has 0 fully saturated rings. The first kappa shape index (κ1) is 15.6. The molecule has 2 aromatic rings. The largest absolute Gasteiger partial charge is 0.319 e. The summed E-state index contributed by atoms with van der Waals surface area (Å²) in [6.07, 6.45) is 1.11. The summed E-state index contributed by atoms with van der Waals surface area (Å²) in [4.78, 5) is 0. The van der Waals surface area contributed by atoms with Crippen molar-refractivity contribution in [1.29, 1.82) is 0 Å². The summed E-state index contributed by atoms with van der Waals surface area (Å²) in [5, 5.41) is 3.06. The van der Waals surface area contributed by atoms with E-state index in [1.54, 1.807) is 18.2 Å². The Morgan fingerprint density at radius 2 is 1.67 bits per heavy atom. The molecule has 1 N–H and O–H groups in total. The molecule has 1 atom stereocenters. The van der Waals surface area contributed by atoms with E-state index in [9.17, 15) is 13.2 Å². The third-order valence-electron chi connectivity index (χ3n) is 3.47. The Labute approximate surface area is 122 Å². The van der Waals surface area contributed by atoms with Crippen LogP contribution in [0.15, 0.2) is 42.5 Å². The summed E-state index contributed by atoms with van der Waals surface area (Å²) in [6.45, 7) is 0.674. The van der Waals surface area contributed by atoms with Crippen LogP contribution in [0.3, 0.4) is 0 Å². The molecule has 0 saturated heterocycles. The Kier molecular flexibility index (Phi) is 5.39. The SMILES string of the molecule is CNCC(Cc1ccc(F)cc1)Cc1cccc(F)c1F. The summed E-state index contributed by atoms with van der Waals surface area (Å²) >= 11 is 0. The molecule has 0 heterocycles. The molecule has 0 radical (unpaired) electrons. The zero-order chi connectivity index (χ0) is 15.2. The number of benzene rings is 2. The first-order chi connectivity index (χ1) is 10.1. The first-order valence-electron chi connectivity index (χ1n) is 6.92. The summed E-state index contributed by atoms with van der Waals surface area (Å²) in [5.41, 5.74) is 1.35. The van der Waals surface area contributed by atoms with Crippen LogP contribution in [-0.4, -0.2) is 13.6 Å². The maximum atomic E-state index is 13.7. The van der Waals surface area contributed by atoms with Crippen LogP contribution in [-0.2, 0) is 12.8 Å². The van der Waals surface area contributed by atoms with Gasteiger partial charge in [-0.2, -0.15) is 0 Å². The monoisotopic (exact) mass is 293 g/mol. The average Bonchev–Trinajstić information content (AvgIpc) is 2.46. The van der Waals surface area contributed by atoms with E-state index in [1.165, 1.54) is 18.2 Å². The van der Waals surface area contributed by atoms with E-state index in [1.807, 2.05) is 7.05 Å². The minimum absolute atomic E-state index is 0.108. The second-order valence-corrected chi connectivity index (χ2v) is 5.17. The molecule has 0 bridgehead atoms. The van der Waals surface area contributed by atoms with E-state index in [0.717, 1.165) is 11.6 Å². The van der Waals surface area contributed by atoms with Gasteiger partial charge in [-0.25, -0.2) is 13.2 Å². The Morgan fingerprint density at radius 3 is 2.33 bits per heavy atom. The van der Waals surface area contributed by atoms with E-state index in [2.05, 4.69) is 5.32 Å². The van der Waals surface area contributed by atoms with Crippen LogP contribution in [0.5, 0.6) is 0 Å². The molecule has 21 heavy (non-hydrogen) atoms. The second kappa shape index (κ2) is 7.27. The molecule has 1 unspecified atom stereocenters. The fourth-order valence-corrected chi connectivity index (χ4v) is 2.48. The van der Waals surface area contributed by atoms with Crippen LogP contribution in [0.2, 0.25) is 0 Å². The second-order valence-electron chi connectivity index (χ2n) is 5.17. The minimum Gasteiger partial charge on any atom is -0.319 e. The molecule has 0 spiro atoms. The Morgan fingerprint density at radius 1 is 0.952 bits per heavy atom. The number of hydrogen-bond donors (Lipinski definition) is 1. The zero-order valence-electron chi connectivity index (χ0n) is 11.9. The molecule has 0 saturated carbocycles. The van der Waals surface area contributed by atoms with E-state index in [4.69, 9.17) is 0 Å². The predicted octanol–water partition coefficient (Wildman–Crippen LogP) is 3.72. The van der Waals surface area contributed by atoms with Crippen molar-refractivity contribution >= 4 is 0 Å². The van der Waals surface area contributed by atoms with Gasteiger partial charge in [0.1, 0.15) is 5.82 Å². The van der Waals surface area contributed by atoms with Gasteiger partial charge in [0.15, 0.2) is 11.6 Å². The van der Waals surface area contributed by atoms with Gasteiger partial charge in [-0.3, -0.25) is 0 Å². The van der Waals surface area contributed by atoms with Crippen molar-refractivity contribution in [3.8, 4) is 0 Å². The smallest absolute Gasteiger partial charge is 0.162 e. The first-order valence-corrected chi connectivity index (χ1v) is 6.92. The van der Waals surface area contributed by atoms with Gasteiger partial charge >= 0.3 is 0 Å². The van der Waals surface area contributed by atoms with Crippen LogP contribution in [0.25, 0.3) is 0 Å². The Balaban J connectivity index is 2.11. The summed E-state index contributed by atoms with van der Waals surface area (Å²) < 4.78 is 39.9. The maximum absolute atomic E-state index is 13.7. The highest BCUT2D eigenvalue weighted by molar-refractivity contribution is 5.21. The van der Waals surface area contributed by atoms with Crippen molar-refractivity contribution in [2.24, 2.45) is 5.92 Å². The lowest BCUT2D eigenvalue weighted by Gasteiger charge is -2.17. The van der Waals surface area contributed by atoms with E-state index < -0.39 is 11.6 Å². The van der Waals surface area contributed by atoms with Crippen LogP contribution < -0.4 is 5.32 Å². The van der Waals surface area contributed by atoms with Crippen molar-refractivity contribution in [3.05, 3.63) is 71.0 Å². The lowest BCUT2D eigenvalue weighted by Crippen LogP contribution is -2.23. The van der Waals surface area contributed by atoms with Gasteiger partial charge in [0.2, 0.25) is 0 Å². The van der Waals surface area contributed by atoms with Crippen molar-refractivity contribution in [1.82, 2.24) is 5.32 Å². The third-order valence-corrected chi connectivity index (χ3v) is 3.47. The Bertz CT molecular complexity index is 581. The third kappa shape index (κ3) is 4.33. The summed E-state index contributed by atoms with van der Waals surface area (Å²) in [6, 6.07) is 10.5. The van der Waals surface area contributed by atoms with Crippen molar-refractivity contribution in [2.45, 2.75) is 12.8 Å². The fourth-order valence-electron chi connectivity index (χ4n) is 2.48. The van der Waals surface area contributed by atoms with Gasteiger partial charge in [-0.15, -0.1) is 0 Å². The standard InChI is InChI=1S/C17H18F3N/c1-21-11-13(9-12-5-7-15(18)8-6-12)10-14-3-2-4-16(19)17(14)20/h2-8,13,21H,9-11H2,1H3. The average molecular weight is 293 g/mol. The lowest BCUT2D eigenvalue weighted by molar-refractivity contribution is 0.458. The highest BCUT2D eigenvalue weighted by atomic mass is 19.2. The molecular formula is C17H18F3N. The number of halogens is 3. The van der Waals surface area contributed by atoms with Crippen molar-refractivity contribution < 1.29 is 13.2 Å². The quantitative estimate of drug-likeness (QED) is 0.856. The summed E-state index contributed by atoms with van der Waals surface area (Å²) in [5.74, 6) is -1.77. The molecule has 0 amide bonds. The molecule has 0 aliphatic heterocycles. The van der Waals surface area contributed by atoms with E-state index in [-0.39, 0.29) is 11.7 Å². The normalized spacial score (nSPS) is 12.4. The number of rotatable bonds is 6. The molecule has 1 nitrogen and oxygen atoms in total. The fraction of sp³-hybridized carbons (Fsp3) is 0.294. The van der Waals surface area contributed by atoms with Gasteiger partial charge in [-0.1, -0.05) is 24.3 Å². The molecule has 112 valence electrons. The van der Waals surface area contributed by atoms with E-state index >= 15 is 0 Å². The molecule has 0 aliphatic rings. The molecule has 0 aliphatic carbocycles. The van der Waals surface area contributed by atoms with Crippen molar-refractivity contribution in [2.75, 3.05) is 13.6 Å². The number of hydrogen-bond acceptors (Lipinski definition) is 1. The van der Waals surface area contributed by atoms with Gasteiger partial charge in [0.25, 0.3) is 0 Å². The highest BCUT2D eigenvalue weighted by Crippen LogP contribution is 2.19. The molecule has 4 heteroatoms. The predicted molar refractivity (Wildman–Crippen MR) is 77.6 cm³/mol. The highest BCUT2D eigenvalue weighted by Gasteiger charge is 2.15. The lowest BCUT2D eigenvalue weighted by atomic mass is 9.92. The molecular weight excluding hydrogens is 275 g/mol. The Hall–Kier alpha value is -1.81.